The average molecular weight is 226 g/mol. The summed E-state index contributed by atoms with van der Waals surface area (Å²) in [4.78, 5) is 14.2. The van der Waals surface area contributed by atoms with E-state index < -0.39 is 9.05 Å². The minimum absolute atomic E-state index is 0.124. The van der Waals surface area contributed by atoms with Gasteiger partial charge in [-0.1, -0.05) is 0 Å². The molecule has 0 N–H and O–H groups in total. The number of carbonyl (C=O) groups excluding carboxylic acids is 1. The lowest BCUT2D eigenvalue weighted by Gasteiger charge is -1.84. The molecule has 0 bridgehead atoms. The number of hydrogen-bond donors (Lipinski definition) is 0. The first kappa shape index (κ1) is 9.63. The molecule has 0 saturated heterocycles. The summed E-state index contributed by atoms with van der Waals surface area (Å²) in [6.07, 6.45) is 0. The van der Waals surface area contributed by atoms with Crippen LogP contribution in [0.4, 0.5) is 0 Å². The smallest absolute Gasteiger partial charge is 0.288 e. The van der Waals surface area contributed by atoms with Crippen molar-refractivity contribution >= 4 is 36.9 Å². The second kappa shape index (κ2) is 3.12. The molecule has 0 radical (unpaired) electrons. The predicted molar refractivity (Wildman–Crippen MR) is 45.2 cm³/mol. The molecule has 0 unspecified atom stereocenters. The maximum atomic E-state index is 10.7. The van der Waals surface area contributed by atoms with Crippen LogP contribution in [0, 0.1) is 0 Å². The van der Waals surface area contributed by atoms with Gasteiger partial charge >= 0.3 is 0 Å². The maximum Gasteiger partial charge on any atom is 0.288 e. The third kappa shape index (κ3) is 2.02. The van der Waals surface area contributed by atoms with Crippen LogP contribution in [0.15, 0.2) is 9.72 Å². The minimum atomic E-state index is -3.79. The topological polar surface area (TPSA) is 64.1 Å². The van der Waals surface area contributed by atoms with E-state index in [0.29, 0.717) is 0 Å². The van der Waals surface area contributed by atoms with Crippen molar-refractivity contribution in [2.24, 2.45) is 0 Å². The third-order valence-corrected chi connectivity index (χ3v) is 3.85. The molecule has 0 atom stereocenters. The molecule has 1 heterocycles. The number of halogens is 1. The second-order valence-electron chi connectivity index (χ2n) is 1.99. The van der Waals surface area contributed by atoms with Gasteiger partial charge in [-0.3, -0.25) is 4.79 Å². The Hall–Kier alpha value is -0.460. The Balaban J connectivity index is 3.17. The molecule has 1 aromatic rings. The molecule has 0 amide bonds. The normalized spacial score (nSPS) is 11.5. The number of aromatic nitrogens is 1. The molecule has 1 aromatic heterocycles. The summed E-state index contributed by atoms with van der Waals surface area (Å²) < 4.78 is 21.1. The highest BCUT2D eigenvalue weighted by Gasteiger charge is 2.16. The molecule has 0 aliphatic carbocycles. The van der Waals surface area contributed by atoms with Gasteiger partial charge in [-0.2, -0.15) is 0 Å². The number of carbonyl (C=O) groups is 1. The molecule has 0 fully saturated rings. The number of ketones is 1. The monoisotopic (exact) mass is 225 g/mol. The number of nitrogens with zero attached hydrogens (tertiary/aromatic N) is 1. The Morgan fingerprint density at radius 3 is 2.50 bits per heavy atom. The van der Waals surface area contributed by atoms with E-state index in [2.05, 4.69) is 4.98 Å². The zero-order valence-electron chi connectivity index (χ0n) is 5.94. The van der Waals surface area contributed by atoms with Crippen LogP contribution in [0.3, 0.4) is 0 Å². The Labute approximate surface area is 77.6 Å². The fourth-order valence-corrected chi connectivity index (χ4v) is 2.36. The molecule has 66 valence electrons. The Morgan fingerprint density at radius 2 is 2.25 bits per heavy atom. The van der Waals surface area contributed by atoms with Crippen LogP contribution < -0.4 is 0 Å². The molecule has 12 heavy (non-hydrogen) atoms. The van der Waals surface area contributed by atoms with E-state index in [1.807, 2.05) is 0 Å². The largest absolute Gasteiger partial charge is 0.293 e. The van der Waals surface area contributed by atoms with Gasteiger partial charge in [-0.15, -0.1) is 11.3 Å². The zero-order valence-corrected chi connectivity index (χ0v) is 8.33. The van der Waals surface area contributed by atoms with Crippen LogP contribution in [0.5, 0.6) is 0 Å². The fraction of sp³-hybridized carbons (Fsp3) is 0.200. The van der Waals surface area contributed by atoms with Crippen molar-refractivity contribution in [1.29, 1.82) is 0 Å². The Bertz CT molecular complexity index is 408. The highest BCUT2D eigenvalue weighted by Crippen LogP contribution is 2.19. The quantitative estimate of drug-likeness (QED) is 0.562. The van der Waals surface area contributed by atoms with Gasteiger partial charge in [0.2, 0.25) is 4.34 Å². The van der Waals surface area contributed by atoms with Crippen molar-refractivity contribution in [2.75, 3.05) is 0 Å². The molecular weight excluding hydrogens is 222 g/mol. The summed E-state index contributed by atoms with van der Waals surface area (Å²) in [5.41, 5.74) is 0.124. The standard InChI is InChI=1S/C5H4ClNO3S2/c1-3(8)4-2-11-5(7-4)12(6,9)10/h2H,1H3. The lowest BCUT2D eigenvalue weighted by molar-refractivity contribution is 0.101. The molecular formula is C5H4ClNO3S2. The van der Waals surface area contributed by atoms with E-state index >= 15 is 0 Å². The minimum Gasteiger partial charge on any atom is -0.293 e. The Morgan fingerprint density at radius 1 is 1.67 bits per heavy atom. The first-order valence-corrected chi connectivity index (χ1v) is 6.01. The van der Waals surface area contributed by atoms with E-state index in [0.717, 1.165) is 11.3 Å². The van der Waals surface area contributed by atoms with E-state index in [1.165, 1.54) is 12.3 Å². The van der Waals surface area contributed by atoms with Gasteiger partial charge < -0.3 is 0 Å². The lowest BCUT2D eigenvalue weighted by atomic mass is 10.4. The maximum absolute atomic E-state index is 10.7. The van der Waals surface area contributed by atoms with Crippen molar-refractivity contribution in [3.05, 3.63) is 11.1 Å². The summed E-state index contributed by atoms with van der Waals surface area (Å²) in [7, 11) is 1.20. The summed E-state index contributed by atoms with van der Waals surface area (Å²) in [6.45, 7) is 1.31. The number of rotatable bonds is 2. The van der Waals surface area contributed by atoms with Gasteiger partial charge in [-0.25, -0.2) is 13.4 Å². The van der Waals surface area contributed by atoms with Crippen molar-refractivity contribution in [3.8, 4) is 0 Å². The molecule has 7 heteroatoms. The predicted octanol–water partition coefficient (Wildman–Crippen LogP) is 1.27. The SMILES string of the molecule is CC(=O)c1csc(S(=O)(=O)Cl)n1. The van der Waals surface area contributed by atoms with Crippen LogP contribution in [-0.2, 0) is 9.05 Å². The van der Waals surface area contributed by atoms with Crippen LogP contribution in [-0.4, -0.2) is 19.2 Å². The zero-order chi connectivity index (χ0) is 9.35. The third-order valence-electron chi connectivity index (χ3n) is 1.05. The second-order valence-corrected chi connectivity index (χ2v) is 5.59. The van der Waals surface area contributed by atoms with Gasteiger partial charge in [0.1, 0.15) is 5.69 Å². The lowest BCUT2D eigenvalue weighted by Crippen LogP contribution is -1.94. The summed E-state index contributed by atoms with van der Waals surface area (Å²) >= 11 is 0.833. The average Bonchev–Trinajstić information content (AvgIpc) is 2.30. The molecule has 1 rings (SSSR count). The van der Waals surface area contributed by atoms with Crippen LogP contribution in [0.25, 0.3) is 0 Å². The Kier molecular flexibility index (Phi) is 2.50. The summed E-state index contributed by atoms with van der Waals surface area (Å²) in [5, 5.41) is 1.36. The van der Waals surface area contributed by atoms with Crippen LogP contribution in [0.2, 0.25) is 0 Å². The molecule has 0 aliphatic rings. The first-order valence-electron chi connectivity index (χ1n) is 2.82. The molecule has 0 saturated carbocycles. The van der Waals surface area contributed by atoms with Crippen molar-refractivity contribution in [2.45, 2.75) is 11.3 Å². The van der Waals surface area contributed by atoms with Gasteiger partial charge in [0.05, 0.1) is 0 Å². The van der Waals surface area contributed by atoms with Gasteiger partial charge in [0, 0.05) is 23.0 Å². The molecule has 0 spiro atoms. The highest BCUT2D eigenvalue weighted by atomic mass is 35.7. The van der Waals surface area contributed by atoms with E-state index in [9.17, 15) is 13.2 Å². The van der Waals surface area contributed by atoms with Gasteiger partial charge in [-0.05, 0) is 0 Å². The van der Waals surface area contributed by atoms with Gasteiger partial charge in [0.15, 0.2) is 5.78 Å². The molecule has 4 nitrogen and oxygen atoms in total. The summed E-state index contributed by atoms with van der Waals surface area (Å²) in [6, 6.07) is 0. The van der Waals surface area contributed by atoms with Crippen LogP contribution in [0.1, 0.15) is 17.4 Å². The van der Waals surface area contributed by atoms with E-state index in [1.54, 1.807) is 0 Å². The molecule has 0 aliphatic heterocycles. The fourth-order valence-electron chi connectivity index (χ4n) is 0.531. The highest BCUT2D eigenvalue weighted by molar-refractivity contribution is 8.14. The van der Waals surface area contributed by atoms with E-state index in [4.69, 9.17) is 10.7 Å². The van der Waals surface area contributed by atoms with Gasteiger partial charge in [0.25, 0.3) is 9.05 Å². The number of thiazole rings is 1. The summed E-state index contributed by atoms with van der Waals surface area (Å²) in [5.74, 6) is -0.280. The van der Waals surface area contributed by atoms with Crippen molar-refractivity contribution in [3.63, 3.8) is 0 Å². The van der Waals surface area contributed by atoms with E-state index in [-0.39, 0.29) is 15.8 Å². The number of hydrogen-bond acceptors (Lipinski definition) is 5. The number of Topliss-reactive ketones (excluding diaryl/α,β-unsaturated/α-hetero) is 1. The van der Waals surface area contributed by atoms with Crippen molar-refractivity contribution in [1.82, 2.24) is 4.98 Å². The van der Waals surface area contributed by atoms with Crippen molar-refractivity contribution < 1.29 is 13.2 Å². The molecule has 0 aromatic carbocycles. The first-order chi connectivity index (χ1) is 5.41. The van der Waals surface area contributed by atoms with Crippen LogP contribution >= 0.6 is 22.0 Å².